The molecule has 0 aliphatic carbocycles. The van der Waals surface area contributed by atoms with Crippen molar-refractivity contribution in [1.29, 1.82) is 0 Å². The van der Waals surface area contributed by atoms with E-state index in [9.17, 15) is 4.79 Å². The second-order valence-electron chi connectivity index (χ2n) is 4.86. The van der Waals surface area contributed by atoms with Gasteiger partial charge in [-0.1, -0.05) is 12.1 Å². The predicted molar refractivity (Wildman–Crippen MR) is 84.5 cm³/mol. The molecule has 3 aromatic rings. The number of benzene rings is 1. The van der Waals surface area contributed by atoms with Crippen LogP contribution >= 0.6 is 0 Å². The largest absolute Gasteiger partial charge is 0.467 e. The highest BCUT2D eigenvalue weighted by Gasteiger charge is 2.10. The molecule has 1 amide bonds. The first-order valence-electron chi connectivity index (χ1n) is 7.19. The van der Waals surface area contributed by atoms with E-state index in [2.05, 4.69) is 25.3 Å². The number of rotatable bonds is 6. The lowest BCUT2D eigenvalue weighted by Crippen LogP contribution is -2.27. The second kappa shape index (κ2) is 6.90. The number of para-hydroxylation sites is 2. The molecule has 0 spiro atoms. The average Bonchev–Trinajstić information content (AvgIpc) is 3.02. The smallest absolute Gasteiger partial charge is 0.322 e. The Morgan fingerprint density at radius 1 is 1.12 bits per heavy atom. The van der Waals surface area contributed by atoms with Gasteiger partial charge in [-0.05, 0) is 12.1 Å². The van der Waals surface area contributed by atoms with Crippen LogP contribution in [0.25, 0.3) is 11.0 Å². The van der Waals surface area contributed by atoms with Gasteiger partial charge in [0.15, 0.2) is 5.82 Å². The van der Waals surface area contributed by atoms with E-state index in [0.717, 1.165) is 11.0 Å². The van der Waals surface area contributed by atoms with E-state index in [1.165, 1.54) is 14.2 Å². The first kappa shape index (κ1) is 15.7. The summed E-state index contributed by atoms with van der Waals surface area (Å²) in [6.45, 7) is 0.292. The lowest BCUT2D eigenvalue weighted by molar-refractivity contribution is -0.121. The molecule has 0 unspecified atom stereocenters. The van der Waals surface area contributed by atoms with Gasteiger partial charge in [0, 0.05) is 0 Å². The highest BCUT2D eigenvalue weighted by Crippen LogP contribution is 2.11. The molecule has 0 radical (unpaired) electrons. The summed E-state index contributed by atoms with van der Waals surface area (Å²) >= 11 is 0. The quantitative estimate of drug-likeness (QED) is 0.705. The molecule has 9 nitrogen and oxygen atoms in total. The molecule has 0 saturated carbocycles. The van der Waals surface area contributed by atoms with Gasteiger partial charge >= 0.3 is 12.0 Å². The predicted octanol–water partition coefficient (Wildman–Crippen LogP) is 0.555. The van der Waals surface area contributed by atoms with Crippen molar-refractivity contribution in [1.82, 2.24) is 29.8 Å². The maximum absolute atomic E-state index is 12.1. The molecule has 0 aliphatic rings. The summed E-state index contributed by atoms with van der Waals surface area (Å²) in [5.41, 5.74) is 1.74. The first-order valence-corrected chi connectivity index (χ1v) is 7.19. The van der Waals surface area contributed by atoms with Gasteiger partial charge in [0.25, 0.3) is 0 Å². The van der Waals surface area contributed by atoms with Crippen LogP contribution in [-0.2, 0) is 17.9 Å². The topological polar surface area (TPSA) is 104 Å². The van der Waals surface area contributed by atoms with Gasteiger partial charge in [-0.3, -0.25) is 4.79 Å². The summed E-state index contributed by atoms with van der Waals surface area (Å²) in [5, 5.41) is 2.75. The lowest BCUT2D eigenvalue weighted by atomic mass is 10.3. The van der Waals surface area contributed by atoms with E-state index in [1.54, 1.807) is 10.9 Å². The van der Waals surface area contributed by atoms with Crippen LogP contribution in [0.3, 0.4) is 0 Å². The maximum atomic E-state index is 12.1. The number of nitrogens with one attached hydrogen (secondary N) is 1. The summed E-state index contributed by atoms with van der Waals surface area (Å²) in [4.78, 5) is 28.4. The molecular formula is C15H16N6O3. The van der Waals surface area contributed by atoms with Crippen LogP contribution in [0.1, 0.15) is 5.82 Å². The normalized spacial score (nSPS) is 10.6. The zero-order chi connectivity index (χ0) is 16.9. The van der Waals surface area contributed by atoms with Crippen LogP contribution in [0.15, 0.2) is 30.6 Å². The molecule has 0 bridgehead atoms. The van der Waals surface area contributed by atoms with Crippen molar-refractivity contribution in [2.24, 2.45) is 0 Å². The molecule has 24 heavy (non-hydrogen) atoms. The van der Waals surface area contributed by atoms with Crippen LogP contribution in [0.4, 0.5) is 0 Å². The third kappa shape index (κ3) is 3.40. The van der Waals surface area contributed by atoms with Crippen LogP contribution in [0.2, 0.25) is 0 Å². The molecular weight excluding hydrogens is 312 g/mol. The third-order valence-electron chi connectivity index (χ3n) is 3.29. The Balaban J connectivity index is 1.65. The summed E-state index contributed by atoms with van der Waals surface area (Å²) < 4.78 is 11.7. The number of nitrogens with zero attached hydrogens (tertiary/aromatic N) is 5. The zero-order valence-electron chi connectivity index (χ0n) is 13.3. The van der Waals surface area contributed by atoms with Gasteiger partial charge in [-0.2, -0.15) is 9.97 Å². The number of ether oxygens (including phenoxy) is 2. The standard InChI is InChI=1S/C15H16N6O3/c1-23-14-18-12(19-15(20-14)24-2)7-16-13(22)8-21-9-17-10-5-3-4-6-11(10)21/h3-6,9H,7-8H2,1-2H3,(H,16,22). The van der Waals surface area contributed by atoms with E-state index in [0.29, 0.717) is 5.82 Å². The van der Waals surface area contributed by atoms with Crippen molar-refractivity contribution in [3.05, 3.63) is 36.4 Å². The molecule has 9 heteroatoms. The van der Waals surface area contributed by atoms with E-state index in [1.807, 2.05) is 24.3 Å². The molecule has 1 aromatic carbocycles. The number of amides is 1. The molecule has 0 aliphatic heterocycles. The Bertz CT molecular complexity index is 841. The number of imidazole rings is 1. The van der Waals surface area contributed by atoms with Crippen LogP contribution in [-0.4, -0.2) is 44.6 Å². The Morgan fingerprint density at radius 3 is 2.54 bits per heavy atom. The van der Waals surface area contributed by atoms with Crippen molar-refractivity contribution in [3.8, 4) is 12.0 Å². The fourth-order valence-corrected chi connectivity index (χ4v) is 2.16. The number of carbonyl (C=O) groups excluding carboxylic acids is 1. The minimum atomic E-state index is -0.184. The van der Waals surface area contributed by atoms with Gasteiger partial charge in [-0.25, -0.2) is 4.98 Å². The van der Waals surface area contributed by atoms with Gasteiger partial charge in [0.05, 0.1) is 38.1 Å². The fourth-order valence-electron chi connectivity index (χ4n) is 2.16. The molecule has 0 atom stereocenters. The number of hydrogen-bond acceptors (Lipinski definition) is 7. The van der Waals surface area contributed by atoms with E-state index in [-0.39, 0.29) is 31.0 Å². The van der Waals surface area contributed by atoms with Gasteiger partial charge in [-0.15, -0.1) is 4.98 Å². The highest BCUT2D eigenvalue weighted by molar-refractivity contribution is 5.80. The maximum Gasteiger partial charge on any atom is 0.322 e. The van der Waals surface area contributed by atoms with Gasteiger partial charge < -0.3 is 19.4 Å². The molecule has 3 rings (SSSR count). The summed E-state index contributed by atoms with van der Waals surface area (Å²) in [7, 11) is 2.89. The molecule has 0 fully saturated rings. The SMILES string of the molecule is COc1nc(CNC(=O)Cn2cnc3ccccc32)nc(OC)n1. The summed E-state index contributed by atoms with van der Waals surface area (Å²) in [6.07, 6.45) is 1.64. The minimum absolute atomic E-state index is 0.131. The van der Waals surface area contributed by atoms with Crippen molar-refractivity contribution in [2.45, 2.75) is 13.1 Å². The Labute approximate surface area is 137 Å². The Morgan fingerprint density at radius 2 is 1.83 bits per heavy atom. The van der Waals surface area contributed by atoms with E-state index < -0.39 is 0 Å². The second-order valence-corrected chi connectivity index (χ2v) is 4.86. The fraction of sp³-hybridized carbons (Fsp3) is 0.267. The number of methoxy groups -OCH3 is 2. The summed E-state index contributed by atoms with van der Waals surface area (Å²) in [6, 6.07) is 7.88. The molecule has 2 aromatic heterocycles. The van der Waals surface area contributed by atoms with E-state index >= 15 is 0 Å². The number of aromatic nitrogens is 5. The monoisotopic (exact) mass is 328 g/mol. The number of carbonyl (C=O) groups is 1. The van der Waals surface area contributed by atoms with Crippen LogP contribution < -0.4 is 14.8 Å². The Hall–Kier alpha value is -3.23. The van der Waals surface area contributed by atoms with E-state index in [4.69, 9.17) is 9.47 Å². The lowest BCUT2D eigenvalue weighted by Gasteiger charge is -2.07. The molecule has 2 heterocycles. The summed E-state index contributed by atoms with van der Waals surface area (Å²) in [5.74, 6) is 0.166. The molecule has 124 valence electrons. The minimum Gasteiger partial charge on any atom is -0.467 e. The van der Waals surface area contributed by atoms with Crippen LogP contribution in [0.5, 0.6) is 12.0 Å². The molecule has 1 N–H and O–H groups in total. The number of hydrogen-bond donors (Lipinski definition) is 1. The van der Waals surface area contributed by atoms with Crippen molar-refractivity contribution in [3.63, 3.8) is 0 Å². The zero-order valence-corrected chi connectivity index (χ0v) is 13.3. The van der Waals surface area contributed by atoms with Crippen molar-refractivity contribution in [2.75, 3.05) is 14.2 Å². The third-order valence-corrected chi connectivity index (χ3v) is 3.29. The molecule has 0 saturated heterocycles. The number of fused-ring (bicyclic) bond motifs is 1. The van der Waals surface area contributed by atoms with Gasteiger partial charge in [0.1, 0.15) is 6.54 Å². The van der Waals surface area contributed by atoms with Crippen molar-refractivity contribution >= 4 is 16.9 Å². The Kier molecular flexibility index (Phi) is 4.50. The highest BCUT2D eigenvalue weighted by atomic mass is 16.5. The van der Waals surface area contributed by atoms with Gasteiger partial charge in [0.2, 0.25) is 5.91 Å². The first-order chi connectivity index (χ1) is 11.7. The van der Waals surface area contributed by atoms with Crippen LogP contribution in [0, 0.1) is 0 Å². The van der Waals surface area contributed by atoms with Crippen molar-refractivity contribution < 1.29 is 14.3 Å². The average molecular weight is 328 g/mol.